The van der Waals surface area contributed by atoms with Crippen LogP contribution in [0.3, 0.4) is 0 Å². The van der Waals surface area contributed by atoms with Gasteiger partial charge in [-0.1, -0.05) is 11.6 Å². The van der Waals surface area contributed by atoms with E-state index < -0.39 is 15.0 Å². The zero-order valence-corrected chi connectivity index (χ0v) is 12.6. The minimum atomic E-state index is -4.17. The maximum atomic E-state index is 12.2. The lowest BCUT2D eigenvalue weighted by atomic mass is 10.3. The summed E-state index contributed by atoms with van der Waals surface area (Å²) in [5, 5.41) is 14.3. The van der Waals surface area contributed by atoms with Gasteiger partial charge in [-0.25, -0.2) is 0 Å². The Hall–Kier alpha value is -2.13. The van der Waals surface area contributed by atoms with Crippen LogP contribution in [-0.4, -0.2) is 23.1 Å². The molecular formula is C11H10ClN3O5S. The summed E-state index contributed by atoms with van der Waals surface area (Å²) in [7, 11) is -2.67. The Morgan fingerprint density at radius 2 is 1.90 bits per heavy atom. The molecule has 0 saturated carbocycles. The molecule has 0 radical (unpaired) electrons. The number of aromatic nitrogens is 2. The van der Waals surface area contributed by atoms with Gasteiger partial charge in [0.1, 0.15) is 10.9 Å². The maximum Gasteiger partial charge on any atom is 0.344 e. The fraction of sp³-hybridized carbons (Fsp3) is 0.182. The number of rotatable bonds is 4. The van der Waals surface area contributed by atoms with Crippen LogP contribution in [0.5, 0.6) is 5.75 Å². The molecule has 0 aliphatic carbocycles. The van der Waals surface area contributed by atoms with Crippen LogP contribution >= 0.6 is 11.6 Å². The van der Waals surface area contributed by atoms with Crippen molar-refractivity contribution in [2.24, 2.45) is 7.05 Å². The summed E-state index contributed by atoms with van der Waals surface area (Å²) < 4.78 is 30.5. The lowest BCUT2D eigenvalue weighted by molar-refractivity contribution is -0.384. The zero-order valence-electron chi connectivity index (χ0n) is 11.0. The Bertz CT molecular complexity index is 798. The quantitative estimate of drug-likeness (QED) is 0.482. The highest BCUT2D eigenvalue weighted by molar-refractivity contribution is 7.87. The average Bonchev–Trinajstić information content (AvgIpc) is 2.63. The van der Waals surface area contributed by atoms with Crippen LogP contribution in [-0.2, 0) is 17.2 Å². The Balaban J connectivity index is 2.35. The van der Waals surface area contributed by atoms with Gasteiger partial charge in [0.25, 0.3) is 5.69 Å². The number of benzene rings is 1. The molecule has 0 unspecified atom stereocenters. The summed E-state index contributed by atoms with van der Waals surface area (Å²) in [4.78, 5) is 9.70. The van der Waals surface area contributed by atoms with Crippen LogP contribution < -0.4 is 4.18 Å². The molecular weight excluding hydrogens is 322 g/mol. The molecule has 0 bridgehead atoms. The molecule has 0 fully saturated rings. The molecule has 8 nitrogen and oxygen atoms in total. The molecule has 0 spiro atoms. The van der Waals surface area contributed by atoms with Gasteiger partial charge < -0.3 is 4.18 Å². The average molecular weight is 332 g/mol. The Labute approximate surface area is 125 Å². The van der Waals surface area contributed by atoms with E-state index in [4.69, 9.17) is 15.8 Å². The second-order valence-corrected chi connectivity index (χ2v) is 5.96. The minimum absolute atomic E-state index is 0.0556. The van der Waals surface area contributed by atoms with E-state index in [1.165, 1.54) is 30.8 Å². The van der Waals surface area contributed by atoms with Gasteiger partial charge in [0.05, 0.1) is 10.6 Å². The highest BCUT2D eigenvalue weighted by Crippen LogP contribution is 2.28. The summed E-state index contributed by atoms with van der Waals surface area (Å²) in [5.41, 5.74) is 0.0275. The van der Waals surface area contributed by atoms with Crippen molar-refractivity contribution in [1.82, 2.24) is 9.78 Å². The molecule has 2 aromatic rings. The van der Waals surface area contributed by atoms with Crippen LogP contribution in [0.25, 0.3) is 0 Å². The number of nitro benzene ring substituents is 1. The van der Waals surface area contributed by atoms with E-state index in [2.05, 4.69) is 5.10 Å². The van der Waals surface area contributed by atoms with Crippen molar-refractivity contribution in [2.45, 2.75) is 11.8 Å². The lowest BCUT2D eigenvalue weighted by Gasteiger charge is -2.06. The van der Waals surface area contributed by atoms with Crippen molar-refractivity contribution in [3.05, 3.63) is 45.2 Å². The molecule has 1 aromatic carbocycles. The van der Waals surface area contributed by atoms with E-state index in [0.717, 1.165) is 12.1 Å². The van der Waals surface area contributed by atoms with Crippen LogP contribution in [0.15, 0.2) is 29.2 Å². The van der Waals surface area contributed by atoms with Crippen LogP contribution in [0.4, 0.5) is 5.69 Å². The molecule has 0 aliphatic rings. The van der Waals surface area contributed by atoms with E-state index in [0.29, 0.717) is 0 Å². The molecule has 0 N–H and O–H groups in total. The van der Waals surface area contributed by atoms with Crippen molar-refractivity contribution in [3.8, 4) is 5.75 Å². The first kappa shape index (κ1) is 15.3. The number of halogens is 1. The third kappa shape index (κ3) is 2.98. The predicted molar refractivity (Wildman–Crippen MR) is 73.9 cm³/mol. The molecule has 0 saturated heterocycles. The van der Waals surface area contributed by atoms with E-state index >= 15 is 0 Å². The predicted octanol–water partition coefficient (Wildman–Crippen LogP) is 2.06. The van der Waals surface area contributed by atoms with E-state index in [1.807, 2.05) is 0 Å². The molecule has 1 aromatic heterocycles. The lowest BCUT2D eigenvalue weighted by Crippen LogP contribution is -2.11. The molecule has 0 atom stereocenters. The highest BCUT2D eigenvalue weighted by atomic mass is 35.5. The van der Waals surface area contributed by atoms with Gasteiger partial charge in [-0.3, -0.25) is 14.8 Å². The van der Waals surface area contributed by atoms with Gasteiger partial charge in [0.2, 0.25) is 0 Å². The number of non-ortho nitro benzene ring substituents is 1. The fourth-order valence-corrected chi connectivity index (χ4v) is 3.33. The molecule has 1 heterocycles. The molecule has 0 amide bonds. The molecule has 10 heteroatoms. The second-order valence-electron chi connectivity index (χ2n) is 4.12. The molecule has 112 valence electrons. The van der Waals surface area contributed by atoms with Crippen LogP contribution in [0, 0.1) is 17.0 Å². The number of aryl methyl sites for hydroxylation is 2. The maximum absolute atomic E-state index is 12.2. The van der Waals surface area contributed by atoms with Crippen molar-refractivity contribution in [2.75, 3.05) is 0 Å². The second kappa shape index (κ2) is 5.34. The van der Waals surface area contributed by atoms with Crippen molar-refractivity contribution < 1.29 is 17.5 Å². The Morgan fingerprint density at radius 1 is 1.33 bits per heavy atom. The first-order valence-electron chi connectivity index (χ1n) is 5.60. The highest BCUT2D eigenvalue weighted by Gasteiger charge is 2.27. The third-order valence-electron chi connectivity index (χ3n) is 2.60. The van der Waals surface area contributed by atoms with Gasteiger partial charge >= 0.3 is 10.1 Å². The Morgan fingerprint density at radius 3 is 2.33 bits per heavy atom. The first-order valence-corrected chi connectivity index (χ1v) is 7.39. The summed E-state index contributed by atoms with van der Waals surface area (Å²) in [6, 6.07) is 4.66. The molecule has 21 heavy (non-hydrogen) atoms. The van der Waals surface area contributed by atoms with Crippen LogP contribution in [0.2, 0.25) is 5.15 Å². The standard InChI is InChI=1S/C11H10ClN3O5S/c1-7-10(11(12)14(2)13-7)21(18,19)20-9-5-3-8(4-6-9)15(16)17/h3-6H,1-2H3. The van der Waals surface area contributed by atoms with Gasteiger partial charge in [-0.05, 0) is 19.1 Å². The van der Waals surface area contributed by atoms with E-state index in [9.17, 15) is 18.5 Å². The molecule has 0 aliphatic heterocycles. The third-order valence-corrected chi connectivity index (χ3v) is 4.55. The fourth-order valence-electron chi connectivity index (χ4n) is 1.69. The SMILES string of the molecule is Cc1nn(C)c(Cl)c1S(=O)(=O)Oc1ccc([N+](=O)[O-])cc1. The van der Waals surface area contributed by atoms with Crippen molar-refractivity contribution in [3.63, 3.8) is 0 Å². The summed E-state index contributed by atoms with van der Waals surface area (Å²) in [6.45, 7) is 1.48. The summed E-state index contributed by atoms with van der Waals surface area (Å²) >= 11 is 5.88. The monoisotopic (exact) mass is 331 g/mol. The normalized spacial score (nSPS) is 11.4. The number of hydrogen-bond donors (Lipinski definition) is 0. The topological polar surface area (TPSA) is 104 Å². The van der Waals surface area contributed by atoms with Crippen molar-refractivity contribution >= 4 is 27.4 Å². The van der Waals surface area contributed by atoms with Crippen LogP contribution in [0.1, 0.15) is 5.69 Å². The van der Waals surface area contributed by atoms with Gasteiger partial charge in [-0.2, -0.15) is 13.5 Å². The van der Waals surface area contributed by atoms with Gasteiger partial charge in [-0.15, -0.1) is 0 Å². The number of nitrogens with zero attached hydrogens (tertiary/aromatic N) is 3. The minimum Gasteiger partial charge on any atom is -0.379 e. The van der Waals surface area contributed by atoms with Crippen molar-refractivity contribution in [1.29, 1.82) is 0 Å². The summed E-state index contributed by atoms with van der Waals surface area (Å²) in [6.07, 6.45) is 0. The largest absolute Gasteiger partial charge is 0.379 e. The number of nitro groups is 1. The van der Waals surface area contributed by atoms with E-state index in [-0.39, 0.29) is 27.2 Å². The molecule has 2 rings (SSSR count). The number of hydrogen-bond acceptors (Lipinski definition) is 6. The first-order chi connectivity index (χ1) is 9.72. The Kier molecular flexibility index (Phi) is 3.88. The summed E-state index contributed by atoms with van der Waals surface area (Å²) in [5.74, 6) is -0.0556. The van der Waals surface area contributed by atoms with Gasteiger partial charge in [0, 0.05) is 19.2 Å². The van der Waals surface area contributed by atoms with Gasteiger partial charge in [0.15, 0.2) is 4.90 Å². The smallest absolute Gasteiger partial charge is 0.344 e. The van der Waals surface area contributed by atoms with E-state index in [1.54, 1.807) is 0 Å². The zero-order chi connectivity index (χ0) is 15.8.